The highest BCUT2D eigenvalue weighted by Crippen LogP contribution is 2.30. The summed E-state index contributed by atoms with van der Waals surface area (Å²) >= 11 is 0. The predicted octanol–water partition coefficient (Wildman–Crippen LogP) is 4.22. The van der Waals surface area contributed by atoms with Gasteiger partial charge in [0.15, 0.2) is 11.5 Å². The van der Waals surface area contributed by atoms with Crippen molar-refractivity contribution in [1.29, 1.82) is 0 Å². The van der Waals surface area contributed by atoms with Crippen LogP contribution in [-0.4, -0.2) is 25.0 Å². The van der Waals surface area contributed by atoms with Crippen molar-refractivity contribution < 1.29 is 32.6 Å². The van der Waals surface area contributed by atoms with E-state index in [-0.39, 0.29) is 17.9 Å². The zero-order chi connectivity index (χ0) is 24.2. The fourth-order valence-corrected chi connectivity index (χ4v) is 3.31. The number of halogens is 2. The fraction of sp³-hybridized carbons (Fsp3) is 0.0800. The van der Waals surface area contributed by atoms with E-state index in [2.05, 4.69) is 5.32 Å². The van der Waals surface area contributed by atoms with Gasteiger partial charge in [-0.3, -0.25) is 14.9 Å². The minimum absolute atomic E-state index is 0.0287. The van der Waals surface area contributed by atoms with Crippen LogP contribution in [0.5, 0.6) is 11.5 Å². The van der Waals surface area contributed by atoms with E-state index < -0.39 is 29.5 Å². The number of nitrogens with zero attached hydrogens (tertiary/aromatic N) is 1. The summed E-state index contributed by atoms with van der Waals surface area (Å²) in [6.45, 7) is -0.0287. The van der Waals surface area contributed by atoms with Crippen LogP contribution in [-0.2, 0) is 16.2 Å². The first kappa shape index (κ1) is 22.7. The van der Waals surface area contributed by atoms with Gasteiger partial charge < -0.3 is 9.47 Å². The van der Waals surface area contributed by atoms with Gasteiger partial charge in [0, 0.05) is 5.56 Å². The predicted molar refractivity (Wildman–Crippen MR) is 119 cm³/mol. The van der Waals surface area contributed by atoms with Crippen LogP contribution >= 0.6 is 0 Å². The summed E-state index contributed by atoms with van der Waals surface area (Å²) in [5, 5.41) is 2.10. The molecule has 0 aliphatic carbocycles. The lowest BCUT2D eigenvalue weighted by Gasteiger charge is -2.26. The molecule has 1 N–H and O–H groups in total. The Morgan fingerprint density at radius 2 is 1.68 bits per heavy atom. The Morgan fingerprint density at radius 3 is 2.38 bits per heavy atom. The van der Waals surface area contributed by atoms with E-state index in [1.54, 1.807) is 30.3 Å². The van der Waals surface area contributed by atoms with Crippen molar-refractivity contribution in [2.45, 2.75) is 6.61 Å². The molecule has 1 fully saturated rings. The molecule has 4 rings (SSSR count). The monoisotopic (exact) mass is 464 g/mol. The number of hydrogen-bond acceptors (Lipinski definition) is 5. The number of barbiturate groups is 1. The van der Waals surface area contributed by atoms with Crippen molar-refractivity contribution in [2.24, 2.45) is 0 Å². The maximum atomic E-state index is 13.8. The second-order valence-corrected chi connectivity index (χ2v) is 7.22. The molecule has 7 nitrogen and oxygen atoms in total. The van der Waals surface area contributed by atoms with Crippen molar-refractivity contribution in [3.05, 3.63) is 95.1 Å². The summed E-state index contributed by atoms with van der Waals surface area (Å²) in [5.74, 6) is -2.04. The lowest BCUT2D eigenvalue weighted by molar-refractivity contribution is -0.122. The van der Waals surface area contributed by atoms with Gasteiger partial charge in [0.1, 0.15) is 23.8 Å². The Hall–Kier alpha value is -4.53. The van der Waals surface area contributed by atoms with E-state index >= 15 is 0 Å². The van der Waals surface area contributed by atoms with Crippen LogP contribution in [0.15, 0.2) is 72.3 Å². The highest BCUT2D eigenvalue weighted by Gasteiger charge is 2.36. The molecule has 172 valence electrons. The molecule has 0 saturated carbocycles. The Morgan fingerprint density at radius 1 is 0.941 bits per heavy atom. The second kappa shape index (κ2) is 9.53. The molecule has 1 aliphatic heterocycles. The maximum absolute atomic E-state index is 13.8. The lowest BCUT2D eigenvalue weighted by Crippen LogP contribution is -2.54. The topological polar surface area (TPSA) is 84.9 Å². The minimum Gasteiger partial charge on any atom is -0.493 e. The molecule has 0 unspecified atom stereocenters. The molecule has 34 heavy (non-hydrogen) atoms. The first-order chi connectivity index (χ1) is 16.4. The summed E-state index contributed by atoms with van der Waals surface area (Å²) in [7, 11) is 1.41. The average molecular weight is 464 g/mol. The van der Waals surface area contributed by atoms with Crippen LogP contribution in [0.2, 0.25) is 0 Å². The zero-order valence-electron chi connectivity index (χ0n) is 17.9. The van der Waals surface area contributed by atoms with Gasteiger partial charge in [-0.2, -0.15) is 0 Å². The molecule has 0 atom stereocenters. The Kier molecular flexibility index (Phi) is 6.35. The number of imide groups is 2. The third kappa shape index (κ3) is 4.63. The third-order valence-electron chi connectivity index (χ3n) is 5.03. The molecule has 1 heterocycles. The van der Waals surface area contributed by atoms with Crippen molar-refractivity contribution in [3.8, 4) is 11.5 Å². The molecule has 9 heteroatoms. The second-order valence-electron chi connectivity index (χ2n) is 7.22. The van der Waals surface area contributed by atoms with E-state index in [9.17, 15) is 23.2 Å². The lowest BCUT2D eigenvalue weighted by atomic mass is 10.1. The van der Waals surface area contributed by atoms with Gasteiger partial charge >= 0.3 is 6.03 Å². The smallest absolute Gasteiger partial charge is 0.335 e. The number of carbonyl (C=O) groups excluding carboxylic acids is 3. The van der Waals surface area contributed by atoms with E-state index in [4.69, 9.17) is 9.47 Å². The summed E-state index contributed by atoms with van der Waals surface area (Å²) in [6.07, 6.45) is 1.30. The summed E-state index contributed by atoms with van der Waals surface area (Å²) < 4.78 is 38.1. The van der Waals surface area contributed by atoms with Gasteiger partial charge in [-0.25, -0.2) is 18.5 Å². The van der Waals surface area contributed by atoms with E-state index in [1.165, 1.54) is 37.5 Å². The van der Waals surface area contributed by atoms with Gasteiger partial charge in [-0.15, -0.1) is 0 Å². The van der Waals surface area contributed by atoms with Crippen LogP contribution in [0.4, 0.5) is 19.3 Å². The molecular weight excluding hydrogens is 446 g/mol. The number of urea groups is 1. The van der Waals surface area contributed by atoms with Gasteiger partial charge in [0.05, 0.1) is 12.8 Å². The molecular formula is C25H18F2N2O5. The molecule has 4 amide bonds. The Labute approximate surface area is 193 Å². The van der Waals surface area contributed by atoms with Crippen molar-refractivity contribution in [1.82, 2.24) is 5.32 Å². The number of ether oxygens (including phenoxy) is 2. The SMILES string of the molecule is COc1cc(C=C2C(=O)NC(=O)N(c3ccc(F)cc3)C2=O)ccc1OCc1ccccc1F. The van der Waals surface area contributed by atoms with Crippen molar-refractivity contribution >= 4 is 29.6 Å². The first-order valence-corrected chi connectivity index (χ1v) is 10.1. The van der Waals surface area contributed by atoms with Gasteiger partial charge in [-0.05, 0) is 54.1 Å². The standard InChI is InChI=1S/C25H18F2N2O5/c1-33-22-13-15(6-11-21(22)34-14-16-4-2-3-5-20(16)27)12-19-23(30)28-25(32)29(24(19)31)18-9-7-17(26)8-10-18/h2-13H,14H2,1H3,(H,28,30,32). The Bertz CT molecular complexity index is 1300. The number of amides is 4. The van der Waals surface area contributed by atoms with Crippen molar-refractivity contribution in [3.63, 3.8) is 0 Å². The quantitative estimate of drug-likeness (QED) is 0.436. The first-order valence-electron chi connectivity index (χ1n) is 10.1. The number of methoxy groups -OCH3 is 1. The largest absolute Gasteiger partial charge is 0.493 e. The maximum Gasteiger partial charge on any atom is 0.335 e. The number of anilines is 1. The summed E-state index contributed by atoms with van der Waals surface area (Å²) in [6, 6.07) is 14.6. The van der Waals surface area contributed by atoms with E-state index in [1.807, 2.05) is 0 Å². The molecule has 3 aromatic rings. The molecule has 0 aromatic heterocycles. The van der Waals surface area contributed by atoms with Crippen LogP contribution in [0.1, 0.15) is 11.1 Å². The zero-order valence-corrected chi connectivity index (χ0v) is 17.9. The third-order valence-corrected chi connectivity index (χ3v) is 5.03. The fourth-order valence-electron chi connectivity index (χ4n) is 3.31. The van der Waals surface area contributed by atoms with E-state index in [0.29, 0.717) is 22.6 Å². The highest BCUT2D eigenvalue weighted by molar-refractivity contribution is 6.39. The van der Waals surface area contributed by atoms with Crippen LogP contribution in [0.3, 0.4) is 0 Å². The number of hydrogen-bond donors (Lipinski definition) is 1. The molecule has 3 aromatic carbocycles. The normalized spacial score (nSPS) is 14.9. The van der Waals surface area contributed by atoms with Gasteiger partial charge in [-0.1, -0.05) is 24.3 Å². The van der Waals surface area contributed by atoms with Crippen LogP contribution in [0.25, 0.3) is 6.08 Å². The summed E-state index contributed by atoms with van der Waals surface area (Å²) in [4.78, 5) is 38.3. The number of carbonyl (C=O) groups is 3. The van der Waals surface area contributed by atoms with Crippen LogP contribution < -0.4 is 19.7 Å². The molecule has 0 spiro atoms. The molecule has 0 bridgehead atoms. The average Bonchev–Trinajstić information content (AvgIpc) is 2.82. The highest BCUT2D eigenvalue weighted by atomic mass is 19.1. The van der Waals surface area contributed by atoms with Crippen molar-refractivity contribution in [2.75, 3.05) is 12.0 Å². The molecule has 0 radical (unpaired) electrons. The number of benzene rings is 3. The van der Waals surface area contributed by atoms with Crippen LogP contribution in [0, 0.1) is 11.6 Å². The Balaban J connectivity index is 1.60. The molecule has 1 aliphatic rings. The summed E-state index contributed by atoms with van der Waals surface area (Å²) in [5.41, 5.74) is 0.593. The number of rotatable bonds is 6. The van der Waals surface area contributed by atoms with Gasteiger partial charge in [0.25, 0.3) is 11.8 Å². The van der Waals surface area contributed by atoms with E-state index in [0.717, 1.165) is 17.0 Å². The van der Waals surface area contributed by atoms with Gasteiger partial charge in [0.2, 0.25) is 0 Å². The molecule has 1 saturated heterocycles. The number of nitrogens with one attached hydrogen (secondary N) is 1. The minimum atomic E-state index is -0.937.